The molecule has 0 radical (unpaired) electrons. The van der Waals surface area contributed by atoms with Crippen molar-refractivity contribution in [3.05, 3.63) is 90.0 Å². The van der Waals surface area contributed by atoms with Crippen molar-refractivity contribution >= 4 is 11.6 Å². The number of amides is 1. The first-order valence-electron chi connectivity index (χ1n) is 10.4. The van der Waals surface area contributed by atoms with E-state index in [1.54, 1.807) is 41.1 Å². The van der Waals surface area contributed by atoms with Gasteiger partial charge in [0.05, 0.1) is 12.3 Å². The lowest BCUT2D eigenvalue weighted by Crippen LogP contribution is -2.12. The van der Waals surface area contributed by atoms with Crippen molar-refractivity contribution in [1.82, 2.24) is 14.8 Å². The summed E-state index contributed by atoms with van der Waals surface area (Å²) in [6, 6.07) is 18.5. The van der Waals surface area contributed by atoms with E-state index in [2.05, 4.69) is 15.4 Å². The molecular formula is C25H22F2N4O2. The quantitative estimate of drug-likeness (QED) is 0.405. The lowest BCUT2D eigenvalue weighted by atomic mass is 10.2. The third kappa shape index (κ3) is 5.41. The first-order chi connectivity index (χ1) is 15.9. The van der Waals surface area contributed by atoms with Gasteiger partial charge in [-0.25, -0.2) is 13.5 Å². The van der Waals surface area contributed by atoms with E-state index >= 15 is 0 Å². The van der Waals surface area contributed by atoms with E-state index in [0.717, 1.165) is 0 Å². The third-order valence-corrected chi connectivity index (χ3v) is 4.67. The van der Waals surface area contributed by atoms with Gasteiger partial charge < -0.3 is 10.1 Å². The Morgan fingerprint density at radius 2 is 1.76 bits per heavy atom. The summed E-state index contributed by atoms with van der Waals surface area (Å²) in [4.78, 5) is 17.0. The number of aromatic nitrogens is 3. The number of rotatable bonds is 7. The fraction of sp³-hybridized carbons (Fsp3) is 0.160. The second-order valence-corrected chi connectivity index (χ2v) is 7.86. The SMILES string of the molecule is CC(C)COc1nc(-c2ccc(F)cc2)n(-c2cccc(NC(=O)c3cccc(F)c3)c2)n1. The molecule has 1 aromatic heterocycles. The van der Waals surface area contributed by atoms with Gasteiger partial charge >= 0.3 is 6.01 Å². The van der Waals surface area contributed by atoms with Gasteiger partial charge in [-0.3, -0.25) is 4.79 Å². The zero-order valence-electron chi connectivity index (χ0n) is 18.1. The van der Waals surface area contributed by atoms with Gasteiger partial charge in [0, 0.05) is 16.8 Å². The largest absolute Gasteiger partial charge is 0.462 e. The Bertz CT molecular complexity index is 1270. The van der Waals surface area contributed by atoms with Crippen molar-refractivity contribution in [1.29, 1.82) is 0 Å². The van der Waals surface area contributed by atoms with Gasteiger partial charge in [-0.05, 0) is 66.6 Å². The number of ether oxygens (including phenoxy) is 1. The topological polar surface area (TPSA) is 69.0 Å². The summed E-state index contributed by atoms with van der Waals surface area (Å²) in [5, 5.41) is 7.23. The molecule has 4 aromatic rings. The smallest absolute Gasteiger partial charge is 0.336 e. The molecule has 0 unspecified atom stereocenters. The van der Waals surface area contributed by atoms with Crippen molar-refractivity contribution in [3.63, 3.8) is 0 Å². The van der Waals surface area contributed by atoms with Gasteiger partial charge in [-0.1, -0.05) is 26.0 Å². The van der Waals surface area contributed by atoms with Crippen molar-refractivity contribution < 1.29 is 18.3 Å². The maximum absolute atomic E-state index is 13.5. The highest BCUT2D eigenvalue weighted by Crippen LogP contribution is 2.25. The van der Waals surface area contributed by atoms with Crippen molar-refractivity contribution in [3.8, 4) is 23.1 Å². The first-order valence-corrected chi connectivity index (χ1v) is 10.4. The Morgan fingerprint density at radius 1 is 1.00 bits per heavy atom. The average Bonchev–Trinajstić information content (AvgIpc) is 3.23. The van der Waals surface area contributed by atoms with E-state index in [4.69, 9.17) is 4.74 Å². The van der Waals surface area contributed by atoms with E-state index < -0.39 is 11.7 Å². The van der Waals surface area contributed by atoms with Crippen LogP contribution in [0, 0.1) is 17.6 Å². The minimum Gasteiger partial charge on any atom is -0.462 e. The van der Waals surface area contributed by atoms with E-state index in [0.29, 0.717) is 29.4 Å². The molecule has 0 aliphatic heterocycles. The highest BCUT2D eigenvalue weighted by molar-refractivity contribution is 6.04. The highest BCUT2D eigenvalue weighted by atomic mass is 19.1. The van der Waals surface area contributed by atoms with Gasteiger partial charge in [0.25, 0.3) is 5.91 Å². The van der Waals surface area contributed by atoms with Gasteiger partial charge in [0.2, 0.25) is 0 Å². The number of carbonyl (C=O) groups excluding carboxylic acids is 1. The van der Waals surface area contributed by atoms with E-state index in [1.165, 1.54) is 36.4 Å². The van der Waals surface area contributed by atoms with Crippen LogP contribution in [0.15, 0.2) is 72.8 Å². The monoisotopic (exact) mass is 448 g/mol. The summed E-state index contributed by atoms with van der Waals surface area (Å²) in [7, 11) is 0. The molecule has 8 heteroatoms. The van der Waals surface area contributed by atoms with Crippen LogP contribution in [0.4, 0.5) is 14.5 Å². The zero-order valence-corrected chi connectivity index (χ0v) is 18.1. The first kappa shape index (κ1) is 22.1. The molecule has 0 saturated heterocycles. The second kappa shape index (κ2) is 9.60. The molecule has 0 atom stereocenters. The molecule has 0 fully saturated rings. The number of nitrogens with zero attached hydrogens (tertiary/aromatic N) is 3. The molecule has 1 N–H and O–H groups in total. The highest BCUT2D eigenvalue weighted by Gasteiger charge is 2.16. The molecular weight excluding hydrogens is 426 g/mol. The Morgan fingerprint density at radius 3 is 2.48 bits per heavy atom. The molecule has 1 amide bonds. The van der Waals surface area contributed by atoms with Crippen LogP contribution in [0.1, 0.15) is 24.2 Å². The lowest BCUT2D eigenvalue weighted by Gasteiger charge is -2.09. The van der Waals surface area contributed by atoms with Crippen molar-refractivity contribution in [2.75, 3.05) is 11.9 Å². The predicted molar refractivity (Wildman–Crippen MR) is 121 cm³/mol. The van der Waals surface area contributed by atoms with Crippen molar-refractivity contribution in [2.45, 2.75) is 13.8 Å². The Balaban J connectivity index is 1.67. The number of anilines is 1. The third-order valence-electron chi connectivity index (χ3n) is 4.67. The number of halogens is 2. The van der Waals surface area contributed by atoms with Crippen LogP contribution in [-0.2, 0) is 0 Å². The molecule has 4 rings (SSSR count). The Kier molecular flexibility index (Phi) is 6.44. The number of hydrogen-bond donors (Lipinski definition) is 1. The molecule has 3 aromatic carbocycles. The van der Waals surface area contributed by atoms with E-state index in [1.807, 2.05) is 13.8 Å². The van der Waals surface area contributed by atoms with Crippen LogP contribution in [0.3, 0.4) is 0 Å². The molecule has 0 aliphatic carbocycles. The fourth-order valence-electron chi connectivity index (χ4n) is 3.11. The minimum absolute atomic E-state index is 0.192. The van der Waals surface area contributed by atoms with E-state index in [9.17, 15) is 13.6 Å². The fourth-order valence-corrected chi connectivity index (χ4v) is 3.11. The van der Waals surface area contributed by atoms with Gasteiger partial charge in [-0.2, -0.15) is 4.98 Å². The number of benzene rings is 3. The minimum atomic E-state index is -0.489. The van der Waals surface area contributed by atoms with Gasteiger partial charge in [0.1, 0.15) is 11.6 Å². The molecule has 168 valence electrons. The van der Waals surface area contributed by atoms with Crippen LogP contribution in [0.25, 0.3) is 17.1 Å². The predicted octanol–water partition coefficient (Wildman–Crippen LogP) is 5.50. The van der Waals surface area contributed by atoms with Crippen LogP contribution >= 0.6 is 0 Å². The standard InChI is InChI=1S/C25H22F2N4O2/c1-16(2)15-33-25-29-23(17-9-11-19(26)12-10-17)31(30-25)22-8-4-7-21(14-22)28-24(32)18-5-3-6-20(27)13-18/h3-14,16H,15H2,1-2H3,(H,28,32). The number of nitrogens with one attached hydrogen (secondary N) is 1. The summed E-state index contributed by atoms with van der Waals surface area (Å²) >= 11 is 0. The van der Waals surface area contributed by atoms with Gasteiger partial charge in [0.15, 0.2) is 5.82 Å². The Labute approximate surface area is 189 Å². The maximum atomic E-state index is 13.5. The van der Waals surface area contributed by atoms with Crippen LogP contribution in [-0.4, -0.2) is 27.3 Å². The summed E-state index contributed by atoms with van der Waals surface area (Å²) in [5.74, 6) is -0.542. The molecule has 33 heavy (non-hydrogen) atoms. The van der Waals surface area contributed by atoms with Crippen molar-refractivity contribution in [2.24, 2.45) is 5.92 Å². The normalized spacial score (nSPS) is 10.9. The number of carbonyl (C=O) groups is 1. The molecule has 0 aliphatic rings. The van der Waals surface area contributed by atoms with Gasteiger partial charge in [-0.15, -0.1) is 5.10 Å². The molecule has 0 saturated carbocycles. The average molecular weight is 448 g/mol. The van der Waals surface area contributed by atoms with Crippen LogP contribution in [0.2, 0.25) is 0 Å². The lowest BCUT2D eigenvalue weighted by molar-refractivity contribution is 0.102. The summed E-state index contributed by atoms with van der Waals surface area (Å²) < 4.78 is 34.2. The summed E-state index contributed by atoms with van der Waals surface area (Å²) in [5.41, 5.74) is 1.96. The summed E-state index contributed by atoms with van der Waals surface area (Å²) in [6.07, 6.45) is 0. The van der Waals surface area contributed by atoms with Crippen LogP contribution in [0.5, 0.6) is 6.01 Å². The second-order valence-electron chi connectivity index (χ2n) is 7.86. The Hall–Kier alpha value is -4.07. The molecule has 0 bridgehead atoms. The van der Waals surface area contributed by atoms with E-state index in [-0.39, 0.29) is 23.3 Å². The molecule has 0 spiro atoms. The number of hydrogen-bond acceptors (Lipinski definition) is 4. The van der Waals surface area contributed by atoms with Crippen LogP contribution < -0.4 is 10.1 Å². The molecule has 6 nitrogen and oxygen atoms in total. The summed E-state index contributed by atoms with van der Waals surface area (Å²) in [6.45, 7) is 4.47. The molecule has 1 heterocycles. The maximum Gasteiger partial charge on any atom is 0.336 e. The zero-order chi connectivity index (χ0) is 23.4.